The first-order valence-electron chi connectivity index (χ1n) is 10.3. The van der Waals surface area contributed by atoms with Crippen molar-refractivity contribution in [1.82, 2.24) is 10.2 Å². The Morgan fingerprint density at radius 2 is 1.93 bits per heavy atom. The van der Waals surface area contributed by atoms with Crippen molar-refractivity contribution in [1.29, 1.82) is 0 Å². The lowest BCUT2D eigenvalue weighted by atomic mass is 9.95. The van der Waals surface area contributed by atoms with E-state index in [1.165, 1.54) is 29.7 Å². The van der Waals surface area contributed by atoms with Gasteiger partial charge in [0.05, 0.1) is 5.56 Å². The number of carbonyl (C=O) groups is 1. The third-order valence-electron chi connectivity index (χ3n) is 6.34. The average molecular weight is 377 g/mol. The minimum atomic E-state index is -0.555. The largest absolute Gasteiger partial charge is 0.467 e. The molecular weight excluding hydrogens is 350 g/mol. The van der Waals surface area contributed by atoms with Crippen LogP contribution < -0.4 is 15.0 Å². The molecule has 2 aromatic rings. The number of ether oxygens (including phenoxy) is 1. The SMILES string of the molecule is CN1CCCc2cc(CN3CCC4(CC3)NC(=O)c3ccccc3O4)ccc21. The van der Waals surface area contributed by atoms with Crippen molar-refractivity contribution in [3.8, 4) is 5.75 Å². The number of piperidine rings is 1. The Morgan fingerprint density at radius 3 is 2.79 bits per heavy atom. The fourth-order valence-electron chi connectivity index (χ4n) is 4.75. The van der Waals surface area contributed by atoms with Crippen LogP contribution in [0, 0.1) is 0 Å². The molecule has 5 heteroatoms. The Hall–Kier alpha value is -2.53. The molecule has 0 aliphatic carbocycles. The number of anilines is 1. The van der Waals surface area contributed by atoms with Gasteiger partial charge < -0.3 is 15.0 Å². The summed E-state index contributed by atoms with van der Waals surface area (Å²) in [5, 5.41) is 3.12. The fourth-order valence-corrected chi connectivity index (χ4v) is 4.75. The van der Waals surface area contributed by atoms with E-state index in [-0.39, 0.29) is 5.91 Å². The molecule has 146 valence electrons. The van der Waals surface area contributed by atoms with E-state index in [0.29, 0.717) is 11.3 Å². The molecule has 0 radical (unpaired) electrons. The molecule has 0 saturated carbocycles. The molecule has 0 unspecified atom stereocenters. The smallest absolute Gasteiger partial charge is 0.258 e. The third kappa shape index (κ3) is 3.14. The molecule has 3 aliphatic heterocycles. The van der Waals surface area contributed by atoms with Crippen molar-refractivity contribution in [2.45, 2.75) is 38.0 Å². The second kappa shape index (κ2) is 6.82. The molecular formula is C23H27N3O2. The molecule has 2 aromatic carbocycles. The van der Waals surface area contributed by atoms with Crippen molar-refractivity contribution in [3.05, 3.63) is 59.2 Å². The van der Waals surface area contributed by atoms with E-state index < -0.39 is 5.72 Å². The molecule has 28 heavy (non-hydrogen) atoms. The van der Waals surface area contributed by atoms with Crippen LogP contribution in [0.3, 0.4) is 0 Å². The van der Waals surface area contributed by atoms with E-state index in [1.807, 2.05) is 24.3 Å². The normalized spacial score (nSPS) is 20.9. The summed E-state index contributed by atoms with van der Waals surface area (Å²) in [5.41, 5.74) is 4.31. The van der Waals surface area contributed by atoms with Crippen LogP contribution >= 0.6 is 0 Å². The zero-order valence-electron chi connectivity index (χ0n) is 16.4. The van der Waals surface area contributed by atoms with Crippen LogP contribution in [0.25, 0.3) is 0 Å². The summed E-state index contributed by atoms with van der Waals surface area (Å²) in [6.45, 7) is 3.94. The molecule has 0 bridgehead atoms. The Kier molecular flexibility index (Phi) is 4.27. The van der Waals surface area contributed by atoms with Gasteiger partial charge in [0.2, 0.25) is 0 Å². The number of likely N-dealkylation sites (tertiary alicyclic amines) is 1. The Morgan fingerprint density at radius 1 is 1.11 bits per heavy atom. The van der Waals surface area contributed by atoms with Crippen molar-refractivity contribution >= 4 is 11.6 Å². The van der Waals surface area contributed by atoms with Gasteiger partial charge >= 0.3 is 0 Å². The van der Waals surface area contributed by atoms with Gasteiger partial charge in [0.15, 0.2) is 5.72 Å². The summed E-state index contributed by atoms with van der Waals surface area (Å²) in [7, 11) is 2.18. The number of benzene rings is 2. The second-order valence-corrected chi connectivity index (χ2v) is 8.31. The number of nitrogens with zero attached hydrogens (tertiary/aromatic N) is 2. The molecule has 1 fully saturated rings. The predicted molar refractivity (Wildman–Crippen MR) is 110 cm³/mol. The predicted octanol–water partition coefficient (Wildman–Crippen LogP) is 3.18. The molecule has 0 atom stereocenters. The minimum Gasteiger partial charge on any atom is -0.467 e. The summed E-state index contributed by atoms with van der Waals surface area (Å²) in [4.78, 5) is 17.3. The minimum absolute atomic E-state index is 0.0193. The topological polar surface area (TPSA) is 44.8 Å². The highest BCUT2D eigenvalue weighted by atomic mass is 16.5. The lowest BCUT2D eigenvalue weighted by Gasteiger charge is -2.44. The van der Waals surface area contributed by atoms with Gasteiger partial charge in [-0.2, -0.15) is 0 Å². The molecule has 1 saturated heterocycles. The first-order chi connectivity index (χ1) is 13.6. The number of hydrogen-bond acceptors (Lipinski definition) is 4. The zero-order chi connectivity index (χ0) is 19.1. The zero-order valence-corrected chi connectivity index (χ0v) is 16.4. The monoisotopic (exact) mass is 377 g/mol. The van der Waals surface area contributed by atoms with Crippen molar-refractivity contribution in [3.63, 3.8) is 0 Å². The van der Waals surface area contributed by atoms with Crippen molar-refractivity contribution < 1.29 is 9.53 Å². The molecule has 3 heterocycles. The van der Waals surface area contributed by atoms with Gasteiger partial charge in [-0.1, -0.05) is 24.3 Å². The quantitative estimate of drug-likeness (QED) is 0.873. The number of hydrogen-bond donors (Lipinski definition) is 1. The molecule has 1 spiro atoms. The molecule has 0 aromatic heterocycles. The molecule has 5 rings (SSSR count). The number of rotatable bonds is 2. The molecule has 3 aliphatic rings. The summed E-state index contributed by atoms with van der Waals surface area (Å²) in [6.07, 6.45) is 4.02. The summed E-state index contributed by atoms with van der Waals surface area (Å²) < 4.78 is 6.25. The Labute approximate surface area is 166 Å². The van der Waals surface area contributed by atoms with E-state index in [2.05, 4.69) is 40.4 Å². The maximum Gasteiger partial charge on any atom is 0.258 e. The highest BCUT2D eigenvalue weighted by Crippen LogP contribution is 2.34. The van der Waals surface area contributed by atoms with Gasteiger partial charge in [0, 0.05) is 51.8 Å². The summed E-state index contributed by atoms with van der Waals surface area (Å²) in [6, 6.07) is 14.4. The van der Waals surface area contributed by atoms with Gasteiger partial charge in [-0.25, -0.2) is 0 Å². The van der Waals surface area contributed by atoms with Crippen molar-refractivity contribution in [2.75, 3.05) is 31.6 Å². The van der Waals surface area contributed by atoms with Crippen molar-refractivity contribution in [2.24, 2.45) is 0 Å². The van der Waals surface area contributed by atoms with Crippen LogP contribution in [0.1, 0.15) is 40.7 Å². The van der Waals surface area contributed by atoms with E-state index in [4.69, 9.17) is 4.74 Å². The second-order valence-electron chi connectivity index (χ2n) is 8.31. The summed E-state index contributed by atoms with van der Waals surface area (Å²) >= 11 is 0. The fraction of sp³-hybridized carbons (Fsp3) is 0.435. The maximum atomic E-state index is 12.5. The lowest BCUT2D eigenvalue weighted by Crippen LogP contribution is -2.60. The maximum absolute atomic E-state index is 12.5. The van der Waals surface area contributed by atoms with Crippen LogP contribution in [0.5, 0.6) is 5.75 Å². The van der Waals surface area contributed by atoms with E-state index in [0.717, 1.165) is 39.0 Å². The van der Waals surface area contributed by atoms with Crippen LogP contribution in [-0.2, 0) is 13.0 Å². The number of amides is 1. The van der Waals surface area contributed by atoms with Gasteiger partial charge in [-0.05, 0) is 42.2 Å². The Balaban J connectivity index is 1.25. The van der Waals surface area contributed by atoms with Gasteiger partial charge in [-0.15, -0.1) is 0 Å². The summed E-state index contributed by atoms with van der Waals surface area (Å²) in [5.74, 6) is 0.688. The van der Waals surface area contributed by atoms with Crippen LogP contribution in [0.2, 0.25) is 0 Å². The van der Waals surface area contributed by atoms with Gasteiger partial charge in [-0.3, -0.25) is 9.69 Å². The number of nitrogens with one attached hydrogen (secondary N) is 1. The Bertz CT molecular complexity index is 902. The lowest BCUT2D eigenvalue weighted by molar-refractivity contribution is -0.0304. The van der Waals surface area contributed by atoms with Gasteiger partial charge in [0.1, 0.15) is 5.75 Å². The number of aryl methyl sites for hydroxylation is 1. The molecule has 1 amide bonds. The first-order valence-corrected chi connectivity index (χ1v) is 10.3. The highest BCUT2D eigenvalue weighted by Gasteiger charge is 2.42. The highest BCUT2D eigenvalue weighted by molar-refractivity contribution is 5.98. The van der Waals surface area contributed by atoms with Crippen LogP contribution in [0.15, 0.2) is 42.5 Å². The standard InChI is InChI=1S/C23H27N3O2/c1-25-12-4-5-18-15-17(8-9-20(18)25)16-26-13-10-23(11-14-26)24-22(27)19-6-2-3-7-21(19)28-23/h2-3,6-9,15H,4-5,10-14,16H2,1H3,(H,24,27). The van der Waals surface area contributed by atoms with E-state index in [1.54, 1.807) is 0 Å². The van der Waals surface area contributed by atoms with Crippen LogP contribution in [-0.4, -0.2) is 43.2 Å². The van der Waals surface area contributed by atoms with Gasteiger partial charge in [0.25, 0.3) is 5.91 Å². The average Bonchev–Trinajstić information content (AvgIpc) is 2.70. The number of fused-ring (bicyclic) bond motifs is 2. The van der Waals surface area contributed by atoms with E-state index in [9.17, 15) is 4.79 Å². The third-order valence-corrected chi connectivity index (χ3v) is 6.34. The number of carbonyl (C=O) groups excluding carboxylic acids is 1. The van der Waals surface area contributed by atoms with Crippen LogP contribution in [0.4, 0.5) is 5.69 Å². The molecule has 1 N–H and O–H groups in total. The van der Waals surface area contributed by atoms with E-state index >= 15 is 0 Å². The number of para-hydroxylation sites is 1. The first kappa shape index (κ1) is 17.6. The molecule has 5 nitrogen and oxygen atoms in total.